The number of methoxy groups -OCH3 is 1. The Morgan fingerprint density at radius 2 is 1.50 bits per heavy atom. The zero-order chi connectivity index (χ0) is 15.6. The molecule has 22 heavy (non-hydrogen) atoms. The number of rotatable bonds is 6. The van der Waals surface area contributed by atoms with E-state index < -0.39 is 11.4 Å². The van der Waals surface area contributed by atoms with Crippen LogP contribution in [0.15, 0.2) is 48.5 Å². The first-order valence-corrected chi connectivity index (χ1v) is 7.26. The van der Waals surface area contributed by atoms with Crippen LogP contribution in [-0.2, 0) is 11.2 Å². The molecule has 1 saturated carbocycles. The van der Waals surface area contributed by atoms with E-state index in [1.54, 1.807) is 7.11 Å². The van der Waals surface area contributed by atoms with Gasteiger partial charge < -0.3 is 14.6 Å². The van der Waals surface area contributed by atoms with Gasteiger partial charge in [-0.3, -0.25) is 4.79 Å². The average molecular weight is 298 g/mol. The summed E-state index contributed by atoms with van der Waals surface area (Å²) in [5.41, 5.74) is 0.500. The van der Waals surface area contributed by atoms with Crippen molar-refractivity contribution in [2.75, 3.05) is 7.11 Å². The predicted molar refractivity (Wildman–Crippen MR) is 82.5 cm³/mol. The molecule has 1 fully saturated rings. The van der Waals surface area contributed by atoms with Crippen molar-refractivity contribution in [3.63, 3.8) is 0 Å². The van der Waals surface area contributed by atoms with Crippen molar-refractivity contribution in [1.82, 2.24) is 0 Å². The second-order valence-electron chi connectivity index (χ2n) is 5.68. The number of carbonyl (C=O) groups is 1. The van der Waals surface area contributed by atoms with Crippen LogP contribution < -0.4 is 9.47 Å². The van der Waals surface area contributed by atoms with Gasteiger partial charge in [-0.25, -0.2) is 0 Å². The highest BCUT2D eigenvalue weighted by Crippen LogP contribution is 2.48. The minimum atomic E-state index is -0.689. The zero-order valence-corrected chi connectivity index (χ0v) is 12.4. The number of hydrogen-bond acceptors (Lipinski definition) is 3. The second-order valence-corrected chi connectivity index (χ2v) is 5.68. The van der Waals surface area contributed by atoms with Gasteiger partial charge in [0.05, 0.1) is 12.5 Å². The van der Waals surface area contributed by atoms with E-state index in [-0.39, 0.29) is 0 Å². The van der Waals surface area contributed by atoms with Crippen molar-refractivity contribution in [2.24, 2.45) is 5.41 Å². The van der Waals surface area contributed by atoms with Crippen molar-refractivity contribution in [3.05, 3.63) is 54.1 Å². The molecule has 114 valence electrons. The van der Waals surface area contributed by atoms with Crippen LogP contribution in [0.25, 0.3) is 0 Å². The van der Waals surface area contributed by atoms with Crippen molar-refractivity contribution < 1.29 is 19.4 Å². The number of aliphatic carboxylic acids is 1. The zero-order valence-electron chi connectivity index (χ0n) is 12.4. The Bertz CT molecular complexity index is 654. The van der Waals surface area contributed by atoms with E-state index in [9.17, 15) is 9.90 Å². The summed E-state index contributed by atoms with van der Waals surface area (Å²) < 4.78 is 10.9. The van der Waals surface area contributed by atoms with Gasteiger partial charge in [0.25, 0.3) is 0 Å². The molecule has 0 heterocycles. The third-order valence-corrected chi connectivity index (χ3v) is 4.07. The molecule has 0 spiro atoms. The smallest absolute Gasteiger partial charge is 0.309 e. The van der Waals surface area contributed by atoms with E-state index in [1.807, 2.05) is 48.5 Å². The fourth-order valence-corrected chi connectivity index (χ4v) is 2.46. The monoisotopic (exact) mass is 298 g/mol. The van der Waals surface area contributed by atoms with Gasteiger partial charge in [0.1, 0.15) is 17.2 Å². The molecule has 1 aliphatic carbocycles. The summed E-state index contributed by atoms with van der Waals surface area (Å²) in [6, 6.07) is 15.0. The van der Waals surface area contributed by atoms with Crippen molar-refractivity contribution in [2.45, 2.75) is 19.3 Å². The maximum Gasteiger partial charge on any atom is 0.309 e. The second kappa shape index (κ2) is 5.72. The molecule has 0 radical (unpaired) electrons. The molecule has 4 heteroatoms. The van der Waals surface area contributed by atoms with Crippen molar-refractivity contribution in [1.29, 1.82) is 0 Å². The fourth-order valence-electron chi connectivity index (χ4n) is 2.46. The largest absolute Gasteiger partial charge is 0.497 e. The van der Waals surface area contributed by atoms with Gasteiger partial charge in [-0.05, 0) is 61.2 Å². The molecule has 0 atom stereocenters. The lowest BCUT2D eigenvalue weighted by atomic mass is 9.97. The van der Waals surface area contributed by atoms with E-state index in [4.69, 9.17) is 9.47 Å². The Balaban J connectivity index is 1.65. The number of carboxylic acid groups (broad SMARTS) is 1. The topological polar surface area (TPSA) is 55.8 Å². The van der Waals surface area contributed by atoms with E-state index in [1.165, 1.54) is 0 Å². The first-order chi connectivity index (χ1) is 10.6. The Morgan fingerprint density at radius 1 is 1.00 bits per heavy atom. The van der Waals surface area contributed by atoms with Gasteiger partial charge in [0.2, 0.25) is 0 Å². The molecule has 1 aliphatic rings. The summed E-state index contributed by atoms with van der Waals surface area (Å²) in [6.45, 7) is 0. The van der Waals surface area contributed by atoms with Crippen LogP contribution in [0, 0.1) is 5.41 Å². The number of ether oxygens (including phenoxy) is 2. The van der Waals surface area contributed by atoms with Gasteiger partial charge >= 0.3 is 5.97 Å². The third-order valence-electron chi connectivity index (χ3n) is 4.07. The van der Waals surface area contributed by atoms with E-state index in [0.717, 1.165) is 35.7 Å². The standard InChI is InChI=1S/C18H18O4/c1-21-14-6-8-16(9-7-14)22-15-4-2-13(3-5-15)12-18(10-11-18)17(19)20/h2-9H,10-12H2,1H3,(H,19,20). The van der Waals surface area contributed by atoms with Crippen LogP contribution in [0.2, 0.25) is 0 Å². The third kappa shape index (κ3) is 3.06. The Labute approximate surface area is 129 Å². The van der Waals surface area contributed by atoms with Gasteiger partial charge in [0, 0.05) is 0 Å². The molecule has 2 aromatic carbocycles. The summed E-state index contributed by atoms with van der Waals surface area (Å²) >= 11 is 0. The lowest BCUT2D eigenvalue weighted by Crippen LogP contribution is -2.17. The predicted octanol–water partition coefficient (Wildman–Crippen LogP) is 3.89. The first kappa shape index (κ1) is 14.4. The van der Waals surface area contributed by atoms with Gasteiger partial charge in [0.15, 0.2) is 0 Å². The molecule has 0 amide bonds. The minimum absolute atomic E-state index is 0.529. The van der Waals surface area contributed by atoms with Crippen LogP contribution in [0.1, 0.15) is 18.4 Å². The SMILES string of the molecule is COc1ccc(Oc2ccc(CC3(C(=O)O)CC3)cc2)cc1. The summed E-state index contributed by atoms with van der Waals surface area (Å²) in [5.74, 6) is 1.56. The molecular formula is C18H18O4. The van der Waals surface area contributed by atoms with Gasteiger partial charge in [-0.15, -0.1) is 0 Å². The Kier molecular flexibility index (Phi) is 3.75. The normalized spacial score (nSPS) is 15.1. The average Bonchev–Trinajstić information content (AvgIpc) is 3.31. The molecule has 0 bridgehead atoms. The van der Waals surface area contributed by atoms with Crippen LogP contribution in [0.4, 0.5) is 0 Å². The summed E-state index contributed by atoms with van der Waals surface area (Å²) in [5, 5.41) is 9.22. The molecule has 4 nitrogen and oxygen atoms in total. The van der Waals surface area contributed by atoms with E-state index >= 15 is 0 Å². The molecule has 0 saturated heterocycles. The summed E-state index contributed by atoms with van der Waals surface area (Å²) in [4.78, 5) is 11.2. The molecule has 0 aliphatic heterocycles. The number of carboxylic acids is 1. The van der Waals surface area contributed by atoms with Gasteiger partial charge in [-0.2, -0.15) is 0 Å². The Morgan fingerprint density at radius 3 is 1.95 bits per heavy atom. The first-order valence-electron chi connectivity index (χ1n) is 7.26. The maximum atomic E-state index is 11.2. The van der Waals surface area contributed by atoms with Crippen molar-refractivity contribution in [3.8, 4) is 17.2 Å². The highest BCUT2D eigenvalue weighted by atomic mass is 16.5. The molecule has 0 aromatic heterocycles. The molecule has 0 unspecified atom stereocenters. The maximum absolute atomic E-state index is 11.2. The number of hydrogen-bond donors (Lipinski definition) is 1. The quantitative estimate of drug-likeness (QED) is 0.879. The molecular weight excluding hydrogens is 280 g/mol. The molecule has 1 N–H and O–H groups in total. The van der Waals surface area contributed by atoms with Crippen LogP contribution in [0.3, 0.4) is 0 Å². The summed E-state index contributed by atoms with van der Waals surface area (Å²) in [7, 11) is 1.62. The van der Waals surface area contributed by atoms with E-state index in [2.05, 4.69) is 0 Å². The lowest BCUT2D eigenvalue weighted by Gasteiger charge is -2.11. The minimum Gasteiger partial charge on any atom is -0.497 e. The lowest BCUT2D eigenvalue weighted by molar-refractivity contribution is -0.143. The number of benzene rings is 2. The van der Waals surface area contributed by atoms with Crippen LogP contribution in [0.5, 0.6) is 17.2 Å². The highest BCUT2D eigenvalue weighted by molar-refractivity contribution is 5.78. The fraction of sp³-hybridized carbons (Fsp3) is 0.278. The van der Waals surface area contributed by atoms with E-state index in [0.29, 0.717) is 6.42 Å². The highest BCUT2D eigenvalue weighted by Gasteiger charge is 2.49. The van der Waals surface area contributed by atoms with Crippen LogP contribution >= 0.6 is 0 Å². The Hall–Kier alpha value is -2.49. The summed E-state index contributed by atoms with van der Waals surface area (Å²) in [6.07, 6.45) is 2.13. The van der Waals surface area contributed by atoms with Crippen LogP contribution in [-0.4, -0.2) is 18.2 Å². The van der Waals surface area contributed by atoms with Crippen molar-refractivity contribution >= 4 is 5.97 Å². The molecule has 2 aromatic rings. The molecule has 3 rings (SSSR count). The van der Waals surface area contributed by atoms with Gasteiger partial charge in [-0.1, -0.05) is 12.1 Å².